The van der Waals surface area contributed by atoms with E-state index in [1.54, 1.807) is 0 Å². The summed E-state index contributed by atoms with van der Waals surface area (Å²) in [5, 5.41) is 3.00. The number of carbonyl (C=O) groups excluding carboxylic acids is 1. The van der Waals surface area contributed by atoms with Gasteiger partial charge in [-0.2, -0.15) is 0 Å². The van der Waals surface area contributed by atoms with Crippen molar-refractivity contribution in [1.29, 1.82) is 0 Å². The Morgan fingerprint density at radius 1 is 1.17 bits per heavy atom. The second kappa shape index (κ2) is 13.1. The molecule has 2 saturated heterocycles. The molecule has 0 aliphatic carbocycles. The minimum atomic E-state index is -1.00. The zero-order chi connectivity index (χ0) is 25.3. The number of nitrogens with zero attached hydrogens (tertiary/aromatic N) is 2. The predicted octanol–water partition coefficient (Wildman–Crippen LogP) is 3.91. The third kappa shape index (κ3) is 7.98. The van der Waals surface area contributed by atoms with Crippen molar-refractivity contribution in [2.24, 2.45) is 0 Å². The van der Waals surface area contributed by atoms with Gasteiger partial charge in [-0.25, -0.2) is 8.78 Å². The molecule has 2 aliphatic heterocycles. The van der Waals surface area contributed by atoms with Crippen molar-refractivity contribution < 1.29 is 23.0 Å². The summed E-state index contributed by atoms with van der Waals surface area (Å²) in [7, 11) is 0. The van der Waals surface area contributed by atoms with Crippen LogP contribution in [-0.2, 0) is 16.1 Å². The van der Waals surface area contributed by atoms with Gasteiger partial charge in [0, 0.05) is 45.4 Å². The molecule has 196 valence electrons. The molecule has 1 amide bonds. The van der Waals surface area contributed by atoms with Crippen LogP contribution in [0.2, 0.25) is 0 Å². The average molecular weight is 502 g/mol. The minimum absolute atomic E-state index is 0.0944. The lowest BCUT2D eigenvalue weighted by atomic mass is 10.1. The van der Waals surface area contributed by atoms with E-state index >= 15 is 0 Å². The zero-order valence-corrected chi connectivity index (χ0v) is 21.1. The van der Waals surface area contributed by atoms with E-state index in [4.69, 9.17) is 9.47 Å². The Bertz CT molecular complexity index is 994. The number of carbonyl (C=O) groups is 1. The zero-order valence-electron chi connectivity index (χ0n) is 21.1. The van der Waals surface area contributed by atoms with Crippen LogP contribution in [0.1, 0.15) is 36.8 Å². The van der Waals surface area contributed by atoms with Crippen LogP contribution < -0.4 is 10.1 Å². The lowest BCUT2D eigenvalue weighted by Gasteiger charge is -2.29. The van der Waals surface area contributed by atoms with E-state index in [1.807, 2.05) is 6.07 Å². The molecule has 36 heavy (non-hydrogen) atoms. The minimum Gasteiger partial charge on any atom is -0.479 e. The summed E-state index contributed by atoms with van der Waals surface area (Å²) >= 11 is 0. The van der Waals surface area contributed by atoms with Crippen LogP contribution in [-0.4, -0.2) is 73.8 Å². The first-order chi connectivity index (χ1) is 17.5. The quantitative estimate of drug-likeness (QED) is 0.478. The van der Waals surface area contributed by atoms with E-state index in [2.05, 4.69) is 40.2 Å². The van der Waals surface area contributed by atoms with E-state index in [0.29, 0.717) is 26.2 Å². The number of aryl methyl sites for hydroxylation is 1. The topological polar surface area (TPSA) is 54.0 Å². The maximum absolute atomic E-state index is 13.9. The summed E-state index contributed by atoms with van der Waals surface area (Å²) < 4.78 is 39.2. The molecule has 2 aliphatic rings. The summed E-state index contributed by atoms with van der Waals surface area (Å²) in [4.78, 5) is 17.8. The second-order valence-electron chi connectivity index (χ2n) is 9.84. The van der Waals surface area contributed by atoms with Gasteiger partial charge in [0.1, 0.15) is 5.75 Å². The van der Waals surface area contributed by atoms with Crippen LogP contribution in [0.15, 0.2) is 42.5 Å². The standard InChI is InChI=1S/C28H37F2N3O3/c1-21-6-4-7-22(16-21)18-33(19-24-8-5-15-35-24)20-27(36-23-9-10-25(29)26(30)17-23)28(34)31-11-14-32-12-2-3-13-32/h4,6-7,9-10,16-17,24,27H,2-3,5,8,11-15,18-20H2,1H3,(H,31,34)/t24-,27-/m0/s1. The number of halogens is 2. The molecule has 2 fully saturated rings. The van der Waals surface area contributed by atoms with Crippen molar-refractivity contribution in [3.8, 4) is 5.75 Å². The van der Waals surface area contributed by atoms with Gasteiger partial charge in [0.05, 0.1) is 6.10 Å². The molecule has 2 atom stereocenters. The van der Waals surface area contributed by atoms with Crippen LogP contribution in [0.3, 0.4) is 0 Å². The maximum atomic E-state index is 13.9. The fourth-order valence-corrected chi connectivity index (χ4v) is 4.93. The van der Waals surface area contributed by atoms with Gasteiger partial charge in [-0.3, -0.25) is 9.69 Å². The molecule has 8 heteroatoms. The van der Waals surface area contributed by atoms with Gasteiger partial charge in [0.25, 0.3) is 5.91 Å². The Morgan fingerprint density at radius 2 is 2.00 bits per heavy atom. The van der Waals surface area contributed by atoms with Gasteiger partial charge >= 0.3 is 0 Å². The Hall–Kier alpha value is -2.55. The second-order valence-corrected chi connectivity index (χ2v) is 9.84. The fourth-order valence-electron chi connectivity index (χ4n) is 4.93. The Balaban J connectivity index is 1.48. The van der Waals surface area contributed by atoms with Gasteiger partial charge in [0.2, 0.25) is 0 Å². The van der Waals surface area contributed by atoms with Crippen LogP contribution >= 0.6 is 0 Å². The van der Waals surface area contributed by atoms with E-state index in [-0.39, 0.29) is 17.8 Å². The number of likely N-dealkylation sites (tertiary alicyclic amines) is 1. The van der Waals surface area contributed by atoms with Crippen LogP contribution in [0.5, 0.6) is 5.75 Å². The van der Waals surface area contributed by atoms with Crippen LogP contribution in [0, 0.1) is 18.6 Å². The summed E-state index contributed by atoms with van der Waals surface area (Å²) in [6.45, 7) is 7.78. The molecule has 0 radical (unpaired) electrons. The van der Waals surface area contributed by atoms with Crippen molar-refractivity contribution in [2.45, 2.75) is 51.4 Å². The third-order valence-corrected chi connectivity index (χ3v) is 6.79. The first-order valence-corrected chi connectivity index (χ1v) is 13.0. The number of rotatable bonds is 12. The van der Waals surface area contributed by atoms with E-state index in [9.17, 15) is 13.6 Å². The predicted molar refractivity (Wildman–Crippen MR) is 135 cm³/mol. The molecule has 2 aromatic rings. The number of benzene rings is 2. The highest BCUT2D eigenvalue weighted by Crippen LogP contribution is 2.20. The Kier molecular flexibility index (Phi) is 9.67. The third-order valence-electron chi connectivity index (χ3n) is 6.79. The number of hydrogen-bond donors (Lipinski definition) is 1. The van der Waals surface area contributed by atoms with Gasteiger partial charge in [0.15, 0.2) is 17.7 Å². The van der Waals surface area contributed by atoms with Crippen LogP contribution in [0.4, 0.5) is 8.78 Å². The molecular weight excluding hydrogens is 464 g/mol. The van der Waals surface area contributed by atoms with Crippen molar-refractivity contribution >= 4 is 5.91 Å². The first kappa shape index (κ1) is 26.5. The van der Waals surface area contributed by atoms with Crippen LogP contribution in [0.25, 0.3) is 0 Å². The van der Waals surface area contributed by atoms with E-state index in [0.717, 1.165) is 56.8 Å². The number of ether oxygens (including phenoxy) is 2. The highest BCUT2D eigenvalue weighted by molar-refractivity contribution is 5.81. The number of hydrogen-bond acceptors (Lipinski definition) is 5. The lowest BCUT2D eigenvalue weighted by Crippen LogP contribution is -2.48. The van der Waals surface area contributed by atoms with Gasteiger partial charge in [-0.1, -0.05) is 29.8 Å². The molecule has 2 heterocycles. The molecular formula is C28H37F2N3O3. The lowest BCUT2D eigenvalue weighted by molar-refractivity contribution is -0.129. The average Bonchev–Trinajstić information content (AvgIpc) is 3.55. The molecule has 6 nitrogen and oxygen atoms in total. The summed E-state index contributed by atoms with van der Waals surface area (Å²) in [5.41, 5.74) is 2.30. The normalized spacial score (nSPS) is 19.1. The Labute approximate surface area is 212 Å². The molecule has 4 rings (SSSR count). The molecule has 0 aromatic heterocycles. The molecule has 1 N–H and O–H groups in total. The summed E-state index contributed by atoms with van der Waals surface area (Å²) in [6.07, 6.45) is 3.58. The maximum Gasteiger partial charge on any atom is 0.262 e. The largest absolute Gasteiger partial charge is 0.479 e. The van der Waals surface area contributed by atoms with Gasteiger partial charge in [-0.15, -0.1) is 0 Å². The smallest absolute Gasteiger partial charge is 0.262 e. The fraction of sp³-hybridized carbons (Fsp3) is 0.536. The van der Waals surface area contributed by atoms with Gasteiger partial charge in [-0.05, 0) is 63.4 Å². The molecule has 2 aromatic carbocycles. The van der Waals surface area contributed by atoms with Crippen molar-refractivity contribution in [3.05, 3.63) is 65.2 Å². The first-order valence-electron chi connectivity index (χ1n) is 13.0. The molecule has 0 saturated carbocycles. The van der Waals surface area contributed by atoms with Crippen molar-refractivity contribution in [1.82, 2.24) is 15.1 Å². The molecule has 0 unspecified atom stereocenters. The van der Waals surface area contributed by atoms with E-state index < -0.39 is 17.7 Å². The van der Waals surface area contributed by atoms with Gasteiger partial charge < -0.3 is 19.7 Å². The van der Waals surface area contributed by atoms with Crippen molar-refractivity contribution in [2.75, 3.05) is 45.9 Å². The summed E-state index contributed by atoms with van der Waals surface area (Å²) in [5.74, 6) is -2.09. The summed E-state index contributed by atoms with van der Waals surface area (Å²) in [6, 6.07) is 11.6. The van der Waals surface area contributed by atoms with E-state index in [1.165, 1.54) is 24.5 Å². The molecule has 0 spiro atoms. The Morgan fingerprint density at radius 3 is 2.72 bits per heavy atom. The highest BCUT2D eigenvalue weighted by Gasteiger charge is 2.27. The number of nitrogens with one attached hydrogen (secondary N) is 1. The molecule has 0 bridgehead atoms. The number of amides is 1. The SMILES string of the molecule is Cc1cccc(CN(C[C@@H]2CCCO2)C[C@H](Oc2ccc(F)c(F)c2)C(=O)NCCN2CCCC2)c1. The monoisotopic (exact) mass is 501 g/mol. The highest BCUT2D eigenvalue weighted by atomic mass is 19.2. The van der Waals surface area contributed by atoms with Crippen molar-refractivity contribution in [3.63, 3.8) is 0 Å².